The van der Waals surface area contributed by atoms with Gasteiger partial charge in [-0.05, 0) is 237 Å². The Bertz CT molecular complexity index is 6370. The van der Waals surface area contributed by atoms with Crippen molar-refractivity contribution >= 4 is 162 Å². The van der Waals surface area contributed by atoms with Gasteiger partial charge in [0.15, 0.2) is 0 Å². The Morgan fingerprint density at radius 2 is 0.730 bits per heavy atom. The van der Waals surface area contributed by atoms with Gasteiger partial charge in [-0.2, -0.15) is 0 Å². The monoisotopic (exact) mass is 1650 g/mol. The number of nitrogens with zero attached hydrogens (tertiary/aromatic N) is 8. The first-order valence-corrected chi connectivity index (χ1v) is 40.6. The number of benzene rings is 6. The van der Waals surface area contributed by atoms with Crippen molar-refractivity contribution in [2.24, 2.45) is 0 Å². The van der Waals surface area contributed by atoms with Crippen LogP contribution in [0.1, 0.15) is 95.8 Å². The maximum Gasteiger partial charge on any atom is 0.274 e. The molecule has 580 valence electrons. The van der Waals surface area contributed by atoms with Gasteiger partial charge in [0.2, 0.25) is 5.91 Å². The number of rotatable bonds is 23. The van der Waals surface area contributed by atoms with Crippen molar-refractivity contribution in [1.29, 1.82) is 0 Å². The zero-order chi connectivity index (χ0) is 80.3. The molecule has 5 amide bonds. The number of hydroxylamine groups is 2. The first kappa shape index (κ1) is 80.0. The van der Waals surface area contributed by atoms with Gasteiger partial charge in [0.1, 0.15) is 19.3 Å². The molecule has 0 aliphatic heterocycles. The molecule has 16 rings (SSSR count). The van der Waals surface area contributed by atoms with Crippen molar-refractivity contribution < 1.29 is 34.4 Å². The summed E-state index contributed by atoms with van der Waals surface area (Å²) in [7, 11) is 0. The Balaban J connectivity index is 0.000000135. The highest BCUT2D eigenvalue weighted by Crippen LogP contribution is 2.33. The van der Waals surface area contributed by atoms with Crippen molar-refractivity contribution in [2.45, 2.75) is 58.3 Å². The highest BCUT2D eigenvalue weighted by atomic mass is 32.1. The fraction of sp³-hybridized carbons (Fsp3) is 0.120. The van der Waals surface area contributed by atoms with E-state index in [1.165, 1.54) is 46.1 Å². The fourth-order valence-corrected chi connectivity index (χ4v) is 17.2. The van der Waals surface area contributed by atoms with Crippen LogP contribution in [0.15, 0.2) is 261 Å². The number of fused-ring (bicyclic) bond motifs is 4. The van der Waals surface area contributed by atoms with E-state index in [4.69, 9.17) is 21.9 Å². The minimum atomic E-state index is -0.565. The Morgan fingerprint density at radius 1 is 0.365 bits per heavy atom. The normalized spacial score (nSPS) is 10.9. The number of pyridine rings is 4. The summed E-state index contributed by atoms with van der Waals surface area (Å²) < 4.78 is 6.63. The standard InChI is InChI=1S/2C24H18N4O2S2.C21H24N4O4S.C14H11N3O3S/c25-19-13-17(21-4-2-12-31-21)9-10-20(19)27-22(29)16-7-5-15(6-8-16)14-28-24(30)18-3-1-11-26-23(18)32-28;25-19-10-9-17(21-4-2-12-31-21)13-20(19)27-22(29)16-7-5-15(6-8-16)14-28-24(30)18-3-1-11-26-23(18)32-28;26-18(24-29)7-3-1-2-4-12-22-19(27)16-10-8-15(9-11-16)14-25-21(28)17-6-5-13-23-20(17)30-25;18-12(16-20)10-5-3-9(4-6-10)8-17-14(19)11-2-1-7-15-13(11)21-17/h2*1-13H,14,25H2,(H,27,29);5-6,8-11,13,29H,1-4,7,12,14H2,(H,22,27)(H,24,26);1-7,20H,8H2,(H,16,18). The second kappa shape index (κ2) is 38.0. The molecule has 0 unspecified atom stereocenters. The molecule has 32 heteroatoms. The number of anilines is 4. The van der Waals surface area contributed by atoms with Crippen molar-refractivity contribution in [3.63, 3.8) is 0 Å². The van der Waals surface area contributed by atoms with Gasteiger partial charge in [0.05, 0.1) is 70.5 Å². The Morgan fingerprint density at radius 3 is 1.10 bits per heavy atom. The number of hydrogen-bond donors (Lipinski definition) is 9. The third-order valence-electron chi connectivity index (χ3n) is 17.9. The molecule has 6 aromatic carbocycles. The summed E-state index contributed by atoms with van der Waals surface area (Å²) in [5.41, 5.74) is 25.0. The Hall–Kier alpha value is -13.1. The van der Waals surface area contributed by atoms with Crippen LogP contribution < -0.4 is 60.6 Å². The topological polar surface area (TPSA) is 378 Å². The van der Waals surface area contributed by atoms with Crippen molar-refractivity contribution in [3.05, 3.63) is 328 Å². The number of thiophene rings is 2. The Kier molecular flexibility index (Phi) is 26.4. The van der Waals surface area contributed by atoms with Crippen LogP contribution in [0.25, 0.3) is 61.7 Å². The summed E-state index contributed by atoms with van der Waals surface area (Å²) in [5.74, 6) is -1.56. The molecule has 16 aromatic rings. The van der Waals surface area contributed by atoms with E-state index in [0.29, 0.717) is 117 Å². The van der Waals surface area contributed by atoms with E-state index in [1.807, 2.05) is 102 Å². The Labute approximate surface area is 679 Å². The van der Waals surface area contributed by atoms with Crippen molar-refractivity contribution in [1.82, 2.24) is 52.0 Å². The lowest BCUT2D eigenvalue weighted by molar-refractivity contribution is -0.129. The summed E-state index contributed by atoms with van der Waals surface area (Å²) in [6.45, 7) is 2.28. The summed E-state index contributed by atoms with van der Waals surface area (Å²) in [6, 6.07) is 61.7. The van der Waals surface area contributed by atoms with E-state index >= 15 is 0 Å². The van der Waals surface area contributed by atoms with E-state index in [-0.39, 0.29) is 45.9 Å². The van der Waals surface area contributed by atoms with E-state index in [9.17, 15) is 43.2 Å². The van der Waals surface area contributed by atoms with Crippen LogP contribution in [0.5, 0.6) is 0 Å². The number of nitrogens with one attached hydrogen (secondary N) is 5. The second-order valence-electron chi connectivity index (χ2n) is 25.8. The lowest BCUT2D eigenvalue weighted by Gasteiger charge is -2.10. The molecule has 115 heavy (non-hydrogen) atoms. The molecule has 0 saturated carbocycles. The highest BCUT2D eigenvalue weighted by molar-refractivity contribution is 7.15. The average molecular weight is 1650 g/mol. The van der Waals surface area contributed by atoms with Crippen LogP contribution in [0.3, 0.4) is 0 Å². The van der Waals surface area contributed by atoms with Crippen LogP contribution in [0.2, 0.25) is 0 Å². The summed E-state index contributed by atoms with van der Waals surface area (Å²) in [5, 5.41) is 32.1. The third-order valence-corrected chi connectivity index (χ3v) is 23.8. The number of carbonyl (C=O) groups excluding carboxylic acids is 5. The van der Waals surface area contributed by atoms with Crippen molar-refractivity contribution in [2.75, 3.05) is 28.6 Å². The number of nitrogens with two attached hydrogens (primary N) is 2. The molecule has 26 nitrogen and oxygen atoms in total. The van der Waals surface area contributed by atoms with Gasteiger partial charge in [0, 0.05) is 69.8 Å². The lowest BCUT2D eigenvalue weighted by atomic mass is 10.1. The van der Waals surface area contributed by atoms with Crippen LogP contribution in [0, 0.1) is 0 Å². The minimum Gasteiger partial charge on any atom is -0.397 e. The van der Waals surface area contributed by atoms with Crippen molar-refractivity contribution in [3.8, 4) is 20.9 Å². The number of nitrogen functional groups attached to an aromatic ring is 2. The van der Waals surface area contributed by atoms with E-state index in [0.717, 1.165) is 76.9 Å². The van der Waals surface area contributed by atoms with Gasteiger partial charge < -0.3 is 27.4 Å². The highest BCUT2D eigenvalue weighted by Gasteiger charge is 2.18. The molecule has 10 heterocycles. The van der Waals surface area contributed by atoms with Gasteiger partial charge in [-0.3, -0.25) is 69.4 Å². The van der Waals surface area contributed by atoms with Gasteiger partial charge >= 0.3 is 0 Å². The molecular weight excluding hydrogens is 1580 g/mol. The largest absolute Gasteiger partial charge is 0.397 e. The van der Waals surface area contributed by atoms with E-state index in [2.05, 4.69) is 35.9 Å². The number of carbonyl (C=O) groups is 5. The van der Waals surface area contributed by atoms with Crippen LogP contribution in [0.4, 0.5) is 22.7 Å². The maximum atomic E-state index is 12.8. The maximum absolute atomic E-state index is 12.8. The molecular formula is C83H71N15O11S6. The molecule has 0 atom stereocenters. The van der Waals surface area contributed by atoms with E-state index in [1.54, 1.807) is 190 Å². The van der Waals surface area contributed by atoms with Gasteiger partial charge in [-0.1, -0.05) is 85.6 Å². The summed E-state index contributed by atoms with van der Waals surface area (Å²) >= 11 is 8.57. The minimum absolute atomic E-state index is 0.0538. The average Bonchev–Trinajstić information content (AvgIpc) is 1.68. The number of amides is 5. The quantitative estimate of drug-likeness (QED) is 0.0124. The van der Waals surface area contributed by atoms with Crippen LogP contribution >= 0.6 is 68.8 Å². The predicted molar refractivity (Wildman–Crippen MR) is 457 cm³/mol. The van der Waals surface area contributed by atoms with Crippen LogP contribution in [-0.4, -0.2) is 82.3 Å². The summed E-state index contributed by atoms with van der Waals surface area (Å²) in [4.78, 5) is 131. The molecule has 0 radical (unpaired) electrons. The zero-order valence-electron chi connectivity index (χ0n) is 60.9. The zero-order valence-corrected chi connectivity index (χ0v) is 65.8. The second-order valence-corrected chi connectivity index (χ2v) is 31.7. The summed E-state index contributed by atoms with van der Waals surface area (Å²) in [6.07, 6.45) is 10.3. The first-order chi connectivity index (χ1) is 55.9. The molecule has 0 saturated heterocycles. The smallest absolute Gasteiger partial charge is 0.274 e. The fourth-order valence-electron chi connectivity index (χ4n) is 11.9. The SMILES string of the molecule is Nc1cc(-c2cccs2)ccc1NC(=O)c1ccc(Cn2sc3ncccc3c2=O)cc1.Nc1ccc(-c2cccs2)cc1NC(=O)c1ccc(Cn2sc3ncccc3c2=O)cc1.O=C(CCCCCCNC(=O)c1ccc(Cn2sc3ncccc3c2=O)cc1)NO.O=C(NO)c1ccc(Cn2sc3ncccc3c2=O)cc1. The van der Waals surface area contributed by atoms with Gasteiger partial charge in [0.25, 0.3) is 45.9 Å². The van der Waals surface area contributed by atoms with E-state index < -0.39 is 5.91 Å². The number of hydrogen-bond acceptors (Lipinski definition) is 23. The predicted octanol–water partition coefficient (Wildman–Crippen LogP) is 14.5. The molecule has 0 fully saturated rings. The number of unbranched alkanes of at least 4 members (excludes halogenated alkanes) is 3. The molecule has 11 N–H and O–H groups in total. The first-order valence-electron chi connectivity index (χ1n) is 35.7. The molecule has 0 bridgehead atoms. The molecule has 10 aromatic heterocycles. The number of aromatic nitrogens is 8. The van der Waals surface area contributed by atoms with Gasteiger partial charge in [-0.15, -0.1) is 22.7 Å². The van der Waals surface area contributed by atoms with Gasteiger partial charge in [-0.25, -0.2) is 30.9 Å². The molecule has 0 spiro atoms. The third kappa shape index (κ3) is 20.2. The molecule has 0 aliphatic rings. The van der Waals surface area contributed by atoms with Crippen LogP contribution in [-0.2, 0) is 31.0 Å². The molecule has 0 aliphatic carbocycles. The lowest BCUT2D eigenvalue weighted by Crippen LogP contribution is -2.24.